The van der Waals surface area contributed by atoms with E-state index in [0.29, 0.717) is 21.2 Å². The molecular formula is C31H20Cl2N2O3S. The molecule has 1 aromatic heterocycles. The van der Waals surface area contributed by atoms with Crippen LogP contribution in [0.1, 0.15) is 42.8 Å². The van der Waals surface area contributed by atoms with Crippen LogP contribution in [-0.2, 0) is 10.2 Å². The quantitative estimate of drug-likeness (QED) is 0.267. The molecule has 192 valence electrons. The number of rotatable bonds is 4. The maximum Gasteiger partial charge on any atom is 0.238 e. The summed E-state index contributed by atoms with van der Waals surface area (Å²) in [5, 5.41) is 5.45. The molecule has 4 heterocycles. The first kappa shape index (κ1) is 24.3. The number of halogens is 2. The molecule has 7 rings (SSSR count). The van der Waals surface area contributed by atoms with Crippen LogP contribution in [0.15, 0.2) is 90.4 Å². The number of thiophene rings is 1. The fourth-order valence-electron chi connectivity index (χ4n) is 6.59. The Hall–Kier alpha value is -3.71. The third kappa shape index (κ3) is 3.35. The zero-order chi connectivity index (χ0) is 26.9. The zero-order valence-corrected chi connectivity index (χ0v) is 22.6. The van der Waals surface area contributed by atoms with Gasteiger partial charge in [-0.05, 0) is 58.5 Å². The van der Waals surface area contributed by atoms with Gasteiger partial charge in [-0.25, -0.2) is 0 Å². The standard InChI is InChI=1S/C31H20Cl2N2O3S/c32-18-11-12-20(22(33)16-18)27(36)25-26(28(37)24-10-5-15-39-24)35-14-13-17-6-1-2-7-19(17)29(35)31(25)21-8-3-4-9-23(21)34-30(31)38/h1-16,25-26,29H,(H,34,38)/t25-,26+,29-,31-/m1/s1. The Balaban J connectivity index is 1.56. The summed E-state index contributed by atoms with van der Waals surface area (Å²) in [6.07, 6.45) is 3.80. The predicted molar refractivity (Wildman–Crippen MR) is 154 cm³/mol. The second-order valence-electron chi connectivity index (χ2n) is 9.92. The van der Waals surface area contributed by atoms with E-state index in [-0.39, 0.29) is 28.1 Å². The Labute approximate surface area is 238 Å². The van der Waals surface area contributed by atoms with Gasteiger partial charge in [-0.1, -0.05) is 71.7 Å². The van der Waals surface area contributed by atoms with Crippen molar-refractivity contribution in [1.82, 2.24) is 4.90 Å². The number of amides is 1. The maximum absolute atomic E-state index is 14.7. The lowest BCUT2D eigenvalue weighted by Gasteiger charge is -2.38. The first-order valence-corrected chi connectivity index (χ1v) is 14.1. The minimum Gasteiger partial charge on any atom is -0.358 e. The van der Waals surface area contributed by atoms with Crippen molar-refractivity contribution in [2.45, 2.75) is 17.5 Å². The second-order valence-corrected chi connectivity index (χ2v) is 11.7. The summed E-state index contributed by atoms with van der Waals surface area (Å²) in [6.45, 7) is 0. The van der Waals surface area contributed by atoms with Gasteiger partial charge in [0.05, 0.1) is 21.9 Å². The summed E-state index contributed by atoms with van der Waals surface area (Å²) in [4.78, 5) is 45.9. The van der Waals surface area contributed by atoms with Crippen LogP contribution in [0, 0.1) is 5.92 Å². The molecule has 1 fully saturated rings. The van der Waals surface area contributed by atoms with E-state index in [4.69, 9.17) is 23.2 Å². The summed E-state index contributed by atoms with van der Waals surface area (Å²) in [5.74, 6) is -1.97. The number of Topliss-reactive ketones (excluding diaryl/α,β-unsaturated/α-hetero) is 2. The molecule has 3 aliphatic rings. The van der Waals surface area contributed by atoms with Crippen molar-refractivity contribution in [2.24, 2.45) is 5.92 Å². The van der Waals surface area contributed by atoms with Gasteiger partial charge < -0.3 is 10.2 Å². The van der Waals surface area contributed by atoms with Crippen LogP contribution in [0.3, 0.4) is 0 Å². The van der Waals surface area contributed by atoms with Crippen molar-refractivity contribution >= 4 is 63.8 Å². The van der Waals surface area contributed by atoms with Gasteiger partial charge in [0.15, 0.2) is 11.6 Å². The number of ketones is 2. The van der Waals surface area contributed by atoms with Gasteiger partial charge in [0.25, 0.3) is 0 Å². The molecule has 4 aromatic rings. The van der Waals surface area contributed by atoms with E-state index >= 15 is 0 Å². The topological polar surface area (TPSA) is 66.5 Å². The van der Waals surface area contributed by atoms with E-state index in [0.717, 1.165) is 11.1 Å². The third-order valence-electron chi connectivity index (χ3n) is 8.08. The molecule has 0 saturated carbocycles. The maximum atomic E-state index is 14.7. The average molecular weight is 571 g/mol. The summed E-state index contributed by atoms with van der Waals surface area (Å²) in [5.41, 5.74) is 1.99. The number of nitrogens with zero attached hydrogens (tertiary/aromatic N) is 1. The Morgan fingerprint density at radius 1 is 0.923 bits per heavy atom. The van der Waals surface area contributed by atoms with Crippen molar-refractivity contribution in [1.29, 1.82) is 0 Å². The van der Waals surface area contributed by atoms with Gasteiger partial charge in [0.1, 0.15) is 11.5 Å². The smallest absolute Gasteiger partial charge is 0.238 e. The molecule has 1 N–H and O–H groups in total. The van der Waals surface area contributed by atoms with Gasteiger partial charge in [0, 0.05) is 22.5 Å². The molecule has 1 spiro atoms. The van der Waals surface area contributed by atoms with Crippen molar-refractivity contribution in [3.05, 3.63) is 128 Å². The second kappa shape index (κ2) is 8.91. The highest BCUT2D eigenvalue weighted by atomic mass is 35.5. The molecule has 39 heavy (non-hydrogen) atoms. The Morgan fingerprint density at radius 2 is 1.72 bits per heavy atom. The van der Waals surface area contributed by atoms with Crippen LogP contribution >= 0.6 is 34.5 Å². The number of nitrogens with one attached hydrogen (secondary N) is 1. The van der Waals surface area contributed by atoms with E-state index in [1.54, 1.807) is 18.2 Å². The van der Waals surface area contributed by atoms with Crippen LogP contribution < -0.4 is 5.32 Å². The van der Waals surface area contributed by atoms with Gasteiger partial charge in [0.2, 0.25) is 5.91 Å². The van der Waals surface area contributed by atoms with E-state index in [1.807, 2.05) is 77.2 Å². The molecule has 3 aromatic carbocycles. The number of carbonyl (C=O) groups excluding carboxylic acids is 3. The predicted octanol–water partition coefficient (Wildman–Crippen LogP) is 7.04. The number of hydrogen-bond donors (Lipinski definition) is 1. The van der Waals surface area contributed by atoms with Crippen molar-refractivity contribution in [2.75, 3.05) is 5.32 Å². The lowest BCUT2D eigenvalue weighted by atomic mass is 9.62. The molecule has 0 unspecified atom stereocenters. The van der Waals surface area contributed by atoms with Gasteiger partial charge in [-0.3, -0.25) is 14.4 Å². The number of benzene rings is 3. The van der Waals surface area contributed by atoms with Crippen LogP contribution in [0.4, 0.5) is 5.69 Å². The number of carbonyl (C=O) groups is 3. The monoisotopic (exact) mass is 570 g/mol. The summed E-state index contributed by atoms with van der Waals surface area (Å²) in [7, 11) is 0. The molecule has 1 amide bonds. The normalized spacial score (nSPS) is 24.3. The Bertz CT molecular complexity index is 1720. The molecule has 0 radical (unpaired) electrons. The lowest BCUT2D eigenvalue weighted by molar-refractivity contribution is -0.122. The molecule has 5 nitrogen and oxygen atoms in total. The first-order chi connectivity index (χ1) is 18.9. The van der Waals surface area contributed by atoms with Crippen LogP contribution in [0.25, 0.3) is 6.08 Å². The highest BCUT2D eigenvalue weighted by molar-refractivity contribution is 7.12. The summed E-state index contributed by atoms with van der Waals surface area (Å²) >= 11 is 14.1. The molecule has 8 heteroatoms. The van der Waals surface area contributed by atoms with Gasteiger partial charge >= 0.3 is 0 Å². The van der Waals surface area contributed by atoms with E-state index < -0.39 is 23.4 Å². The Morgan fingerprint density at radius 3 is 2.51 bits per heavy atom. The first-order valence-electron chi connectivity index (χ1n) is 12.5. The molecule has 4 atom stereocenters. The van der Waals surface area contributed by atoms with Crippen LogP contribution in [0.5, 0.6) is 0 Å². The van der Waals surface area contributed by atoms with E-state index in [1.165, 1.54) is 17.4 Å². The number of para-hydroxylation sites is 1. The van der Waals surface area contributed by atoms with Crippen LogP contribution in [0.2, 0.25) is 10.0 Å². The molecule has 0 aliphatic carbocycles. The zero-order valence-electron chi connectivity index (χ0n) is 20.3. The van der Waals surface area contributed by atoms with Gasteiger partial charge in [-0.2, -0.15) is 0 Å². The SMILES string of the molecule is O=C(c1cccs1)[C@@H]1[C@H](C(=O)c2ccc(Cl)cc2Cl)[C@@]2(C(=O)Nc3ccccc32)[C@H]2c3ccccc3C=CN12. The highest BCUT2D eigenvalue weighted by Crippen LogP contribution is 2.62. The lowest BCUT2D eigenvalue weighted by Crippen LogP contribution is -2.49. The molecule has 1 saturated heterocycles. The fraction of sp³-hybridized carbons (Fsp3) is 0.129. The van der Waals surface area contributed by atoms with Crippen LogP contribution in [-0.4, -0.2) is 28.4 Å². The van der Waals surface area contributed by atoms with E-state index in [9.17, 15) is 14.4 Å². The van der Waals surface area contributed by atoms with Crippen molar-refractivity contribution in [3.8, 4) is 0 Å². The number of hydrogen-bond acceptors (Lipinski definition) is 5. The minimum atomic E-state index is -1.39. The number of fused-ring (bicyclic) bond motifs is 6. The molecular weight excluding hydrogens is 551 g/mol. The summed E-state index contributed by atoms with van der Waals surface area (Å²) in [6, 6.07) is 22.0. The summed E-state index contributed by atoms with van der Waals surface area (Å²) < 4.78 is 0. The van der Waals surface area contributed by atoms with E-state index in [2.05, 4.69) is 5.32 Å². The van der Waals surface area contributed by atoms with Gasteiger partial charge in [-0.15, -0.1) is 11.3 Å². The van der Waals surface area contributed by atoms with Crippen molar-refractivity contribution < 1.29 is 14.4 Å². The largest absolute Gasteiger partial charge is 0.358 e. The van der Waals surface area contributed by atoms with Crippen molar-refractivity contribution in [3.63, 3.8) is 0 Å². The average Bonchev–Trinajstić information content (AvgIpc) is 3.65. The number of anilines is 1. The fourth-order valence-corrected chi connectivity index (χ4v) is 7.79. The Kier molecular flexibility index (Phi) is 5.56. The highest BCUT2D eigenvalue weighted by Gasteiger charge is 2.70. The molecule has 3 aliphatic heterocycles. The molecule has 0 bridgehead atoms. The third-order valence-corrected chi connectivity index (χ3v) is 9.51. The minimum absolute atomic E-state index is 0.178.